The van der Waals surface area contributed by atoms with E-state index in [0.717, 1.165) is 11.0 Å². The molecule has 0 saturated carbocycles. The molecule has 1 aromatic rings. The van der Waals surface area contributed by atoms with Crippen LogP contribution in [0.5, 0.6) is 0 Å². The predicted molar refractivity (Wildman–Crippen MR) is 62.4 cm³/mol. The number of benzene rings is 1. The number of hydrogen-bond acceptors (Lipinski definition) is 0. The Morgan fingerprint density at radius 1 is 0.867 bits per heavy atom. The van der Waals surface area contributed by atoms with E-state index in [-0.39, 0.29) is 12.4 Å². The van der Waals surface area contributed by atoms with Crippen LogP contribution in [0.3, 0.4) is 0 Å². The molecule has 0 unspecified atom stereocenters. The molecule has 0 aromatic heterocycles. The molecule has 0 amide bonds. The summed E-state index contributed by atoms with van der Waals surface area (Å²) in [5, 5.41) is 0. The third-order valence-electron chi connectivity index (χ3n) is 2.60. The van der Waals surface area contributed by atoms with Gasteiger partial charge in [-0.05, 0) is 43.5 Å². The maximum Gasteiger partial charge on any atom is 0.104 e. The van der Waals surface area contributed by atoms with E-state index in [0.29, 0.717) is 0 Å². The molecule has 0 heterocycles. The molecule has 0 saturated heterocycles. The molecule has 15 heavy (non-hydrogen) atoms. The number of rotatable bonds is 2. The topological polar surface area (TPSA) is 0 Å². The summed E-state index contributed by atoms with van der Waals surface area (Å²) in [4.78, 5) is 0. The van der Waals surface area contributed by atoms with Gasteiger partial charge in [-0.2, -0.15) is 0 Å². The van der Waals surface area contributed by atoms with E-state index >= 15 is 0 Å². The molecular formula is C13H22ClN. The van der Waals surface area contributed by atoms with E-state index in [1.165, 1.54) is 22.3 Å². The molecular weight excluding hydrogens is 206 g/mol. The first-order valence-electron chi connectivity index (χ1n) is 5.17. The minimum absolute atomic E-state index is 0. The average Bonchev–Trinajstić information content (AvgIpc) is 1.97. The molecule has 0 aliphatic heterocycles. The van der Waals surface area contributed by atoms with Crippen LogP contribution in [-0.4, -0.2) is 25.6 Å². The normalized spacial score (nSPS) is 11.1. The summed E-state index contributed by atoms with van der Waals surface area (Å²) in [7, 11) is 6.69. The summed E-state index contributed by atoms with van der Waals surface area (Å²) >= 11 is 0. The highest BCUT2D eigenvalue weighted by Gasteiger charge is 2.11. The van der Waals surface area contributed by atoms with Gasteiger partial charge in [0.1, 0.15) is 6.54 Å². The maximum atomic E-state index is 2.33. The van der Waals surface area contributed by atoms with Crippen molar-refractivity contribution >= 4 is 0 Å². The van der Waals surface area contributed by atoms with Crippen LogP contribution in [-0.2, 0) is 6.54 Å². The highest BCUT2D eigenvalue weighted by atomic mass is 35.5. The lowest BCUT2D eigenvalue weighted by atomic mass is 10.0. The van der Waals surface area contributed by atoms with Crippen LogP contribution >= 0.6 is 0 Å². The molecule has 1 aromatic carbocycles. The quantitative estimate of drug-likeness (QED) is 0.616. The first-order valence-corrected chi connectivity index (χ1v) is 5.17. The maximum absolute atomic E-state index is 2.33. The van der Waals surface area contributed by atoms with Gasteiger partial charge in [-0.15, -0.1) is 0 Å². The number of hydrogen-bond donors (Lipinski definition) is 0. The molecule has 1 nitrogen and oxygen atoms in total. The van der Waals surface area contributed by atoms with Crippen molar-refractivity contribution in [1.82, 2.24) is 0 Å². The van der Waals surface area contributed by atoms with Crippen LogP contribution in [0.25, 0.3) is 0 Å². The lowest BCUT2D eigenvalue weighted by molar-refractivity contribution is -0.884. The van der Waals surface area contributed by atoms with Gasteiger partial charge in [-0.1, -0.05) is 6.07 Å². The van der Waals surface area contributed by atoms with Crippen LogP contribution in [0.4, 0.5) is 0 Å². The van der Waals surface area contributed by atoms with Gasteiger partial charge in [0.05, 0.1) is 21.1 Å². The van der Waals surface area contributed by atoms with Crippen molar-refractivity contribution in [2.45, 2.75) is 27.3 Å². The summed E-state index contributed by atoms with van der Waals surface area (Å²) in [6.07, 6.45) is 0. The van der Waals surface area contributed by atoms with Crippen molar-refractivity contribution in [3.8, 4) is 0 Å². The van der Waals surface area contributed by atoms with E-state index in [1.54, 1.807) is 0 Å². The van der Waals surface area contributed by atoms with Crippen LogP contribution in [0.2, 0.25) is 0 Å². The zero-order chi connectivity index (χ0) is 10.9. The van der Waals surface area contributed by atoms with E-state index in [9.17, 15) is 0 Å². The number of quaternary nitrogens is 1. The van der Waals surface area contributed by atoms with Gasteiger partial charge in [0.15, 0.2) is 0 Å². The third kappa shape index (κ3) is 4.23. The Morgan fingerprint density at radius 3 is 1.80 bits per heavy atom. The Morgan fingerprint density at radius 2 is 1.33 bits per heavy atom. The smallest absolute Gasteiger partial charge is 0.104 e. The van der Waals surface area contributed by atoms with Crippen molar-refractivity contribution in [3.05, 3.63) is 34.4 Å². The third-order valence-corrected chi connectivity index (χ3v) is 2.60. The second-order valence-corrected chi connectivity index (χ2v) is 5.31. The second-order valence-electron chi connectivity index (χ2n) is 5.31. The van der Waals surface area contributed by atoms with Gasteiger partial charge in [0, 0.05) is 5.56 Å². The lowest BCUT2D eigenvalue weighted by Crippen LogP contribution is -3.00. The predicted octanol–water partition coefficient (Wildman–Crippen LogP) is -0.178. The minimum Gasteiger partial charge on any atom is -1.00 e. The van der Waals surface area contributed by atoms with E-state index in [4.69, 9.17) is 0 Å². The fourth-order valence-corrected chi connectivity index (χ4v) is 1.70. The van der Waals surface area contributed by atoms with Gasteiger partial charge in [-0.3, -0.25) is 0 Å². The van der Waals surface area contributed by atoms with Gasteiger partial charge < -0.3 is 16.9 Å². The SMILES string of the molecule is Cc1cc(C)c(C[N+](C)(C)C)cc1C.[Cl-]. The summed E-state index contributed by atoms with van der Waals surface area (Å²) < 4.78 is 0.989. The average molecular weight is 228 g/mol. The van der Waals surface area contributed by atoms with E-state index in [2.05, 4.69) is 54.0 Å². The van der Waals surface area contributed by atoms with E-state index < -0.39 is 0 Å². The zero-order valence-electron chi connectivity index (χ0n) is 10.7. The highest BCUT2D eigenvalue weighted by molar-refractivity contribution is 5.35. The molecule has 2 heteroatoms. The Labute approximate surface area is 100 Å². The summed E-state index contributed by atoms with van der Waals surface area (Å²) in [5.41, 5.74) is 5.69. The van der Waals surface area contributed by atoms with Gasteiger partial charge in [-0.25, -0.2) is 0 Å². The van der Waals surface area contributed by atoms with Crippen molar-refractivity contribution in [2.75, 3.05) is 21.1 Å². The molecule has 0 fully saturated rings. The van der Waals surface area contributed by atoms with Crippen LogP contribution in [0.15, 0.2) is 12.1 Å². The van der Waals surface area contributed by atoms with Crippen molar-refractivity contribution in [3.63, 3.8) is 0 Å². The lowest BCUT2D eigenvalue weighted by Gasteiger charge is -2.25. The fraction of sp³-hybridized carbons (Fsp3) is 0.538. The van der Waals surface area contributed by atoms with Gasteiger partial charge in [0.2, 0.25) is 0 Å². The molecule has 0 bridgehead atoms. The molecule has 0 spiro atoms. The monoisotopic (exact) mass is 227 g/mol. The summed E-state index contributed by atoms with van der Waals surface area (Å²) in [6.45, 7) is 7.68. The second kappa shape index (κ2) is 5.00. The number of nitrogens with zero attached hydrogens (tertiary/aromatic N) is 1. The molecule has 0 N–H and O–H groups in total. The molecule has 0 aliphatic rings. The fourth-order valence-electron chi connectivity index (χ4n) is 1.70. The molecule has 0 aliphatic carbocycles. The number of aryl methyl sites for hydroxylation is 3. The Bertz CT molecular complexity index is 337. The molecule has 1 rings (SSSR count). The highest BCUT2D eigenvalue weighted by Crippen LogP contribution is 2.17. The van der Waals surface area contributed by atoms with Gasteiger partial charge >= 0.3 is 0 Å². The van der Waals surface area contributed by atoms with Crippen molar-refractivity contribution < 1.29 is 16.9 Å². The Kier molecular flexibility index (Phi) is 4.82. The number of halogens is 1. The summed E-state index contributed by atoms with van der Waals surface area (Å²) in [5.74, 6) is 0. The first kappa shape index (κ1) is 14.5. The van der Waals surface area contributed by atoms with Crippen LogP contribution in [0.1, 0.15) is 22.3 Å². The summed E-state index contributed by atoms with van der Waals surface area (Å²) in [6, 6.07) is 4.62. The van der Waals surface area contributed by atoms with Crippen LogP contribution < -0.4 is 12.4 Å². The molecule has 0 radical (unpaired) electrons. The van der Waals surface area contributed by atoms with Crippen LogP contribution in [0, 0.1) is 20.8 Å². The van der Waals surface area contributed by atoms with Crippen molar-refractivity contribution in [1.29, 1.82) is 0 Å². The largest absolute Gasteiger partial charge is 1.00 e. The minimum atomic E-state index is 0. The first-order chi connectivity index (χ1) is 6.29. The van der Waals surface area contributed by atoms with Gasteiger partial charge in [0.25, 0.3) is 0 Å². The molecule has 0 atom stereocenters. The van der Waals surface area contributed by atoms with Crippen molar-refractivity contribution in [2.24, 2.45) is 0 Å². The standard InChI is InChI=1S/C13H22N.ClH/c1-10-7-12(3)13(8-11(10)2)9-14(4,5)6;/h7-8H,9H2,1-6H3;1H/q+1;/p-1. The Balaban J connectivity index is 0.00000196. The molecule has 86 valence electrons. The zero-order valence-corrected chi connectivity index (χ0v) is 11.4. The Hall–Kier alpha value is -0.530. The van der Waals surface area contributed by atoms with E-state index in [1.807, 2.05) is 0 Å².